The fourth-order valence-electron chi connectivity index (χ4n) is 1.30. The smallest absolute Gasteiger partial charge is 0.113 e. The predicted molar refractivity (Wildman–Crippen MR) is 58.3 cm³/mol. The van der Waals surface area contributed by atoms with Crippen molar-refractivity contribution in [3.63, 3.8) is 0 Å². The number of pyridine rings is 1. The highest BCUT2D eigenvalue weighted by Crippen LogP contribution is 2.02. The quantitative estimate of drug-likeness (QED) is 0.475. The van der Waals surface area contributed by atoms with Gasteiger partial charge in [0, 0.05) is 30.7 Å². The first-order chi connectivity index (χ1) is 7.90. The van der Waals surface area contributed by atoms with Gasteiger partial charge in [0.25, 0.3) is 0 Å². The van der Waals surface area contributed by atoms with Crippen LogP contribution in [0.3, 0.4) is 0 Å². The molecule has 0 radical (unpaired) electrons. The summed E-state index contributed by atoms with van der Waals surface area (Å²) in [5, 5.41) is 12.2. The van der Waals surface area contributed by atoms with Crippen LogP contribution in [-0.4, -0.2) is 25.9 Å². The minimum Gasteiger partial charge on any atom is -0.411 e. The van der Waals surface area contributed by atoms with Crippen LogP contribution in [0.4, 0.5) is 0 Å². The summed E-state index contributed by atoms with van der Waals surface area (Å²) in [7, 11) is 0. The van der Waals surface area contributed by atoms with Crippen molar-refractivity contribution >= 4 is 5.71 Å². The lowest BCUT2D eigenvalue weighted by molar-refractivity contribution is 0.318. The Labute approximate surface area is 92.5 Å². The molecular weight excluding hydrogens is 204 g/mol. The van der Waals surface area contributed by atoms with Gasteiger partial charge < -0.3 is 5.21 Å². The summed E-state index contributed by atoms with van der Waals surface area (Å²) in [4.78, 5) is 12.1. The molecule has 0 aliphatic rings. The van der Waals surface area contributed by atoms with Crippen LogP contribution in [0.1, 0.15) is 11.4 Å². The Morgan fingerprint density at radius 2 is 2.12 bits per heavy atom. The summed E-state index contributed by atoms with van der Waals surface area (Å²) in [6, 6.07) is 5.58. The molecule has 0 fully saturated rings. The normalized spacial score (nSPS) is 11.4. The van der Waals surface area contributed by atoms with E-state index in [0.717, 1.165) is 5.69 Å². The molecule has 0 aliphatic heterocycles. The van der Waals surface area contributed by atoms with E-state index in [0.29, 0.717) is 17.8 Å². The van der Waals surface area contributed by atoms with E-state index < -0.39 is 0 Å². The maximum Gasteiger partial charge on any atom is 0.113 e. The molecule has 0 atom stereocenters. The molecule has 0 aromatic carbocycles. The van der Waals surface area contributed by atoms with E-state index >= 15 is 0 Å². The molecule has 2 rings (SSSR count). The average molecular weight is 214 g/mol. The molecule has 2 aromatic heterocycles. The largest absolute Gasteiger partial charge is 0.411 e. The fraction of sp³-hybridized carbons (Fsp3) is 0.0909. The number of aromatic nitrogens is 3. The highest BCUT2D eigenvalue weighted by Gasteiger charge is 2.07. The molecule has 5 heteroatoms. The molecule has 1 N–H and O–H groups in total. The Morgan fingerprint density at radius 3 is 2.75 bits per heavy atom. The van der Waals surface area contributed by atoms with Crippen molar-refractivity contribution in [3.8, 4) is 0 Å². The summed E-state index contributed by atoms with van der Waals surface area (Å²) in [5.41, 5.74) is 1.82. The summed E-state index contributed by atoms with van der Waals surface area (Å²) in [6.07, 6.45) is 6.80. The minimum atomic E-state index is 0.427. The van der Waals surface area contributed by atoms with E-state index in [1.54, 1.807) is 24.8 Å². The summed E-state index contributed by atoms with van der Waals surface area (Å²) < 4.78 is 0. The number of hydrogen-bond acceptors (Lipinski definition) is 5. The fourth-order valence-corrected chi connectivity index (χ4v) is 1.30. The van der Waals surface area contributed by atoms with Gasteiger partial charge in [0.1, 0.15) is 11.4 Å². The minimum absolute atomic E-state index is 0.427. The zero-order valence-electron chi connectivity index (χ0n) is 8.48. The molecular formula is C11H10N4O. The van der Waals surface area contributed by atoms with Gasteiger partial charge in [-0.2, -0.15) is 0 Å². The highest BCUT2D eigenvalue weighted by atomic mass is 16.4. The lowest BCUT2D eigenvalue weighted by Crippen LogP contribution is -2.09. The molecule has 2 heterocycles. The summed E-state index contributed by atoms with van der Waals surface area (Å²) in [6.45, 7) is 0. The lowest BCUT2D eigenvalue weighted by atomic mass is 10.1. The van der Waals surface area contributed by atoms with Crippen LogP contribution in [0, 0.1) is 0 Å². The van der Waals surface area contributed by atoms with Crippen LogP contribution in [-0.2, 0) is 6.42 Å². The first-order valence-electron chi connectivity index (χ1n) is 4.77. The second-order valence-electron chi connectivity index (χ2n) is 3.14. The van der Waals surface area contributed by atoms with Crippen molar-refractivity contribution in [3.05, 3.63) is 54.4 Å². The molecule has 5 nitrogen and oxygen atoms in total. The first kappa shape index (κ1) is 10.2. The summed E-state index contributed by atoms with van der Waals surface area (Å²) in [5.74, 6) is 0. The van der Waals surface area contributed by atoms with Gasteiger partial charge in [-0.25, -0.2) is 0 Å². The average Bonchev–Trinajstić information content (AvgIpc) is 2.38. The molecule has 0 bridgehead atoms. The number of oxime groups is 1. The Hall–Kier alpha value is -2.30. The van der Waals surface area contributed by atoms with E-state index in [1.807, 2.05) is 18.2 Å². The standard InChI is InChI=1S/C11H10N4O/c16-15-10(11-8-12-5-6-14-11)7-9-3-1-2-4-13-9/h1-6,8,16H,7H2. The third-order valence-electron chi connectivity index (χ3n) is 2.05. The second kappa shape index (κ2) is 4.97. The summed E-state index contributed by atoms with van der Waals surface area (Å²) >= 11 is 0. The topological polar surface area (TPSA) is 71.3 Å². The van der Waals surface area contributed by atoms with Crippen LogP contribution >= 0.6 is 0 Å². The van der Waals surface area contributed by atoms with E-state index in [4.69, 9.17) is 5.21 Å². The van der Waals surface area contributed by atoms with Crippen molar-refractivity contribution in [1.29, 1.82) is 0 Å². The zero-order valence-corrected chi connectivity index (χ0v) is 8.48. The van der Waals surface area contributed by atoms with Crippen LogP contribution in [0.15, 0.2) is 48.1 Å². The van der Waals surface area contributed by atoms with Gasteiger partial charge in [-0.05, 0) is 12.1 Å². The third-order valence-corrected chi connectivity index (χ3v) is 2.05. The SMILES string of the molecule is ON=C(Cc1ccccn1)c1cnccn1. The number of rotatable bonds is 3. The van der Waals surface area contributed by atoms with Gasteiger partial charge in [-0.3, -0.25) is 15.0 Å². The zero-order chi connectivity index (χ0) is 11.2. The molecule has 16 heavy (non-hydrogen) atoms. The van der Waals surface area contributed by atoms with E-state index in [2.05, 4.69) is 20.1 Å². The molecule has 0 saturated carbocycles. The molecule has 0 unspecified atom stereocenters. The predicted octanol–water partition coefficient (Wildman–Crippen LogP) is 1.29. The maximum absolute atomic E-state index is 8.93. The lowest BCUT2D eigenvalue weighted by Gasteiger charge is -2.02. The van der Waals surface area contributed by atoms with Gasteiger partial charge in [0.05, 0.1) is 6.20 Å². The van der Waals surface area contributed by atoms with Gasteiger partial charge in [-0.1, -0.05) is 11.2 Å². The molecule has 80 valence electrons. The Morgan fingerprint density at radius 1 is 1.19 bits per heavy atom. The molecule has 0 amide bonds. The van der Waals surface area contributed by atoms with Gasteiger partial charge in [0.15, 0.2) is 0 Å². The Kier molecular flexibility index (Phi) is 3.18. The third kappa shape index (κ3) is 2.38. The van der Waals surface area contributed by atoms with Crippen molar-refractivity contribution in [2.75, 3.05) is 0 Å². The van der Waals surface area contributed by atoms with Crippen LogP contribution in [0.25, 0.3) is 0 Å². The van der Waals surface area contributed by atoms with Gasteiger partial charge in [-0.15, -0.1) is 0 Å². The van der Waals surface area contributed by atoms with Gasteiger partial charge in [0.2, 0.25) is 0 Å². The first-order valence-corrected chi connectivity index (χ1v) is 4.77. The van der Waals surface area contributed by atoms with Crippen LogP contribution < -0.4 is 0 Å². The highest BCUT2D eigenvalue weighted by molar-refractivity contribution is 5.99. The Bertz CT molecular complexity index is 470. The van der Waals surface area contributed by atoms with Crippen LogP contribution in [0.5, 0.6) is 0 Å². The van der Waals surface area contributed by atoms with Crippen molar-refractivity contribution in [1.82, 2.24) is 15.0 Å². The van der Waals surface area contributed by atoms with E-state index in [1.165, 1.54) is 0 Å². The number of hydrogen-bond donors (Lipinski definition) is 1. The Balaban J connectivity index is 2.20. The maximum atomic E-state index is 8.93. The molecule has 0 saturated heterocycles. The van der Waals surface area contributed by atoms with E-state index in [-0.39, 0.29) is 0 Å². The molecule has 0 aliphatic carbocycles. The number of nitrogens with zero attached hydrogens (tertiary/aromatic N) is 4. The van der Waals surface area contributed by atoms with Crippen LogP contribution in [0.2, 0.25) is 0 Å². The van der Waals surface area contributed by atoms with Gasteiger partial charge >= 0.3 is 0 Å². The van der Waals surface area contributed by atoms with E-state index in [9.17, 15) is 0 Å². The van der Waals surface area contributed by atoms with Crippen molar-refractivity contribution in [2.45, 2.75) is 6.42 Å². The monoisotopic (exact) mass is 214 g/mol. The second-order valence-corrected chi connectivity index (χ2v) is 3.14. The van der Waals surface area contributed by atoms with Crippen molar-refractivity contribution in [2.24, 2.45) is 5.16 Å². The molecule has 2 aromatic rings. The van der Waals surface area contributed by atoms with Crippen molar-refractivity contribution < 1.29 is 5.21 Å². The molecule has 0 spiro atoms.